The van der Waals surface area contributed by atoms with Gasteiger partial charge in [-0.1, -0.05) is 17.8 Å². The lowest BCUT2D eigenvalue weighted by Crippen LogP contribution is -2.28. The molecule has 3 rings (SSSR count). The summed E-state index contributed by atoms with van der Waals surface area (Å²) in [6, 6.07) is 9.13. The molecule has 10 nitrogen and oxygen atoms in total. The molecule has 3 aromatic rings. The van der Waals surface area contributed by atoms with Gasteiger partial charge in [0.25, 0.3) is 5.69 Å². The number of carbonyl (C=O) groups excluding carboxylic acids is 2. The molecule has 0 aliphatic carbocycles. The van der Waals surface area contributed by atoms with Gasteiger partial charge < -0.3 is 10.1 Å². The molecule has 0 spiro atoms. The summed E-state index contributed by atoms with van der Waals surface area (Å²) in [5.74, 6) is -0.0830. The van der Waals surface area contributed by atoms with E-state index >= 15 is 0 Å². The second-order valence-electron chi connectivity index (χ2n) is 7.24. The third-order valence-electron chi connectivity index (χ3n) is 3.65. The molecule has 1 aromatic carbocycles. The van der Waals surface area contributed by atoms with Crippen LogP contribution >= 0.6 is 23.1 Å². The molecule has 1 N–H and O–H groups in total. The summed E-state index contributed by atoms with van der Waals surface area (Å²) in [5, 5.41) is 23.6. The zero-order chi connectivity index (χ0) is 22.6. The van der Waals surface area contributed by atoms with Gasteiger partial charge in [0.15, 0.2) is 5.82 Å². The van der Waals surface area contributed by atoms with Crippen LogP contribution in [0.4, 0.5) is 16.2 Å². The molecule has 0 radical (unpaired) electrons. The highest BCUT2D eigenvalue weighted by molar-refractivity contribution is 7.99. The molecule has 0 atom stereocenters. The minimum Gasteiger partial charge on any atom is -0.443 e. The summed E-state index contributed by atoms with van der Waals surface area (Å²) in [4.78, 5) is 36.0. The van der Waals surface area contributed by atoms with Crippen LogP contribution in [0.5, 0.6) is 0 Å². The van der Waals surface area contributed by atoms with E-state index in [0.29, 0.717) is 11.5 Å². The predicted octanol–water partition coefficient (Wildman–Crippen LogP) is 4.43. The van der Waals surface area contributed by atoms with E-state index in [1.54, 1.807) is 20.8 Å². The van der Waals surface area contributed by atoms with Gasteiger partial charge in [-0.3, -0.25) is 14.9 Å². The van der Waals surface area contributed by atoms with Gasteiger partial charge in [0.2, 0.25) is 11.1 Å². The van der Waals surface area contributed by atoms with Crippen molar-refractivity contribution in [2.24, 2.45) is 0 Å². The van der Waals surface area contributed by atoms with E-state index in [9.17, 15) is 19.7 Å². The van der Waals surface area contributed by atoms with Gasteiger partial charge >= 0.3 is 6.09 Å². The number of amides is 1. The zero-order valence-electron chi connectivity index (χ0n) is 16.9. The second-order valence-corrected chi connectivity index (χ2v) is 9.13. The van der Waals surface area contributed by atoms with Crippen molar-refractivity contribution in [2.75, 3.05) is 11.1 Å². The minimum atomic E-state index is -0.719. The van der Waals surface area contributed by atoms with Gasteiger partial charge in [-0.25, -0.2) is 9.36 Å². The fourth-order valence-electron chi connectivity index (χ4n) is 2.39. The van der Waals surface area contributed by atoms with Crippen LogP contribution < -0.4 is 5.32 Å². The summed E-state index contributed by atoms with van der Waals surface area (Å²) in [6.07, 6.45) is -0.640. The number of thioether (sulfide) groups is 1. The predicted molar refractivity (Wildman–Crippen MR) is 117 cm³/mol. The summed E-state index contributed by atoms with van der Waals surface area (Å²) in [5.41, 5.74) is -0.369. The molecule has 0 aliphatic rings. The third kappa shape index (κ3) is 5.89. The molecule has 12 heteroatoms. The van der Waals surface area contributed by atoms with Crippen molar-refractivity contribution in [2.45, 2.75) is 31.5 Å². The highest BCUT2D eigenvalue weighted by Crippen LogP contribution is 2.28. The standard InChI is InChI=1S/C19H19N5O5S2/c1-19(2,3)29-18(26)23-16(14-5-4-10-30-14)21-22-17(23)31-11-15(25)20-12-6-8-13(9-7-12)24(27)28/h4-10H,11H2,1-3H3,(H,20,25). The Morgan fingerprint density at radius 2 is 1.94 bits per heavy atom. The summed E-state index contributed by atoms with van der Waals surface area (Å²) in [6.45, 7) is 5.26. The summed E-state index contributed by atoms with van der Waals surface area (Å²) < 4.78 is 6.73. The van der Waals surface area contributed by atoms with Crippen LogP contribution in [0.3, 0.4) is 0 Å². The van der Waals surface area contributed by atoms with Crippen LogP contribution in [0, 0.1) is 10.1 Å². The maximum atomic E-state index is 12.8. The van der Waals surface area contributed by atoms with Crippen LogP contribution in [0.1, 0.15) is 20.8 Å². The van der Waals surface area contributed by atoms with E-state index in [2.05, 4.69) is 15.5 Å². The lowest BCUT2D eigenvalue weighted by atomic mass is 10.2. The van der Waals surface area contributed by atoms with Gasteiger partial charge in [-0.2, -0.15) is 0 Å². The largest absolute Gasteiger partial charge is 0.443 e. The normalized spacial score (nSPS) is 11.2. The maximum absolute atomic E-state index is 12.8. The van der Waals surface area contributed by atoms with Crippen LogP contribution in [0.25, 0.3) is 10.7 Å². The smallest absolute Gasteiger partial charge is 0.422 e. The Hall–Kier alpha value is -3.25. The monoisotopic (exact) mass is 461 g/mol. The first-order valence-electron chi connectivity index (χ1n) is 9.04. The number of carbonyl (C=O) groups is 2. The van der Waals surface area contributed by atoms with E-state index in [4.69, 9.17) is 4.74 Å². The number of benzene rings is 1. The Bertz CT molecular complexity index is 1090. The minimum absolute atomic E-state index is 0.0532. The number of nitrogens with one attached hydrogen (secondary N) is 1. The number of hydrogen-bond donors (Lipinski definition) is 1. The molecule has 0 unspecified atom stereocenters. The van der Waals surface area contributed by atoms with E-state index < -0.39 is 16.6 Å². The fourth-order valence-corrected chi connectivity index (χ4v) is 3.81. The van der Waals surface area contributed by atoms with Crippen molar-refractivity contribution >= 4 is 46.5 Å². The second kappa shape index (κ2) is 9.27. The van der Waals surface area contributed by atoms with Crippen LogP contribution in [0.15, 0.2) is 46.9 Å². The van der Waals surface area contributed by atoms with E-state index in [1.165, 1.54) is 40.2 Å². The number of rotatable bonds is 6. The van der Waals surface area contributed by atoms with Crippen LogP contribution in [0.2, 0.25) is 0 Å². The number of nitrogens with zero attached hydrogens (tertiary/aromatic N) is 4. The molecule has 0 aliphatic heterocycles. The Morgan fingerprint density at radius 1 is 1.23 bits per heavy atom. The molecule has 0 fully saturated rings. The molecule has 2 heterocycles. The first-order chi connectivity index (χ1) is 14.6. The summed E-state index contributed by atoms with van der Waals surface area (Å²) in [7, 11) is 0. The first-order valence-corrected chi connectivity index (χ1v) is 10.9. The molecular weight excluding hydrogens is 442 g/mol. The molecule has 162 valence electrons. The van der Waals surface area contributed by atoms with Gasteiger partial charge in [0, 0.05) is 17.8 Å². The molecule has 0 bridgehead atoms. The Balaban J connectivity index is 1.74. The SMILES string of the molecule is CC(C)(C)OC(=O)n1c(SCC(=O)Nc2ccc([N+](=O)[O-])cc2)nnc1-c1cccs1. The van der Waals surface area contributed by atoms with Crippen molar-refractivity contribution in [1.29, 1.82) is 0 Å². The summed E-state index contributed by atoms with van der Waals surface area (Å²) >= 11 is 2.43. The van der Waals surface area contributed by atoms with Gasteiger partial charge in [-0.15, -0.1) is 21.5 Å². The van der Waals surface area contributed by atoms with Gasteiger partial charge in [0.1, 0.15) is 5.60 Å². The van der Waals surface area contributed by atoms with Crippen molar-refractivity contribution in [3.63, 3.8) is 0 Å². The zero-order valence-corrected chi connectivity index (χ0v) is 18.5. The molecule has 2 aromatic heterocycles. The highest BCUT2D eigenvalue weighted by atomic mass is 32.2. The Kier molecular flexibility index (Phi) is 6.71. The molecule has 0 saturated carbocycles. The quantitative estimate of drug-likeness (QED) is 0.324. The topological polar surface area (TPSA) is 129 Å². The van der Waals surface area contributed by atoms with E-state index in [0.717, 1.165) is 16.6 Å². The number of hydrogen-bond acceptors (Lipinski definition) is 9. The number of anilines is 1. The number of nitro groups is 1. The Labute approximate surface area is 185 Å². The molecule has 31 heavy (non-hydrogen) atoms. The number of ether oxygens (including phenoxy) is 1. The third-order valence-corrected chi connectivity index (χ3v) is 5.44. The number of nitro benzene ring substituents is 1. The van der Waals surface area contributed by atoms with Crippen molar-refractivity contribution < 1.29 is 19.2 Å². The lowest BCUT2D eigenvalue weighted by molar-refractivity contribution is -0.384. The molecule has 0 saturated heterocycles. The average Bonchev–Trinajstić information content (AvgIpc) is 3.35. The van der Waals surface area contributed by atoms with Gasteiger partial charge in [-0.05, 0) is 44.4 Å². The van der Waals surface area contributed by atoms with Crippen molar-refractivity contribution in [3.05, 3.63) is 51.9 Å². The van der Waals surface area contributed by atoms with Crippen LogP contribution in [-0.4, -0.2) is 43.0 Å². The van der Waals surface area contributed by atoms with E-state index in [1.807, 2.05) is 17.5 Å². The average molecular weight is 462 g/mol. The molecule has 1 amide bonds. The van der Waals surface area contributed by atoms with Gasteiger partial charge in [0.05, 0.1) is 15.6 Å². The van der Waals surface area contributed by atoms with Crippen LogP contribution in [-0.2, 0) is 9.53 Å². The van der Waals surface area contributed by atoms with E-state index in [-0.39, 0.29) is 22.5 Å². The number of aromatic nitrogens is 3. The van der Waals surface area contributed by atoms with Crippen molar-refractivity contribution in [1.82, 2.24) is 14.8 Å². The maximum Gasteiger partial charge on any atom is 0.422 e. The van der Waals surface area contributed by atoms with Crippen molar-refractivity contribution in [3.8, 4) is 10.7 Å². The first kappa shape index (κ1) is 22.4. The Morgan fingerprint density at radius 3 is 2.52 bits per heavy atom. The fraction of sp³-hybridized carbons (Fsp3) is 0.263. The number of non-ortho nitro benzene ring substituents is 1. The number of thiophene rings is 1. The highest BCUT2D eigenvalue weighted by Gasteiger charge is 2.26. The molecular formula is C19H19N5O5S2. The lowest BCUT2D eigenvalue weighted by Gasteiger charge is -2.20.